The van der Waals surface area contributed by atoms with E-state index in [0.29, 0.717) is 64.5 Å². The number of benzene rings is 1. The number of hydrogen-bond acceptors (Lipinski definition) is 8. The van der Waals surface area contributed by atoms with Gasteiger partial charge in [-0.2, -0.15) is 12.7 Å². The Labute approximate surface area is 238 Å². The van der Waals surface area contributed by atoms with Crippen molar-refractivity contribution >= 4 is 16.3 Å². The average molecular weight is 575 g/mol. The number of aryl methyl sites for hydroxylation is 1. The summed E-state index contributed by atoms with van der Waals surface area (Å²) >= 11 is 0. The summed E-state index contributed by atoms with van der Waals surface area (Å²) in [5.74, 6) is -0.345. The first-order chi connectivity index (χ1) is 18.9. The Kier molecular flexibility index (Phi) is 9.87. The van der Waals surface area contributed by atoms with Gasteiger partial charge in [-0.05, 0) is 83.4 Å². The van der Waals surface area contributed by atoms with Crippen LogP contribution in [0.1, 0.15) is 70.4 Å². The average Bonchev–Trinajstić information content (AvgIpc) is 2.90. The summed E-state index contributed by atoms with van der Waals surface area (Å²) in [4.78, 5) is 17.2. The Balaban J connectivity index is 1.32. The first-order valence-corrected chi connectivity index (χ1v) is 15.5. The van der Waals surface area contributed by atoms with E-state index in [1.807, 2.05) is 45.9 Å². The lowest BCUT2D eigenvalue weighted by Gasteiger charge is -2.31. The smallest absolute Gasteiger partial charge is 0.387 e. The minimum absolute atomic E-state index is 0.0777. The van der Waals surface area contributed by atoms with Crippen LogP contribution in [-0.4, -0.2) is 68.3 Å². The first-order valence-electron chi connectivity index (χ1n) is 14.1. The van der Waals surface area contributed by atoms with Crippen molar-refractivity contribution in [3.8, 4) is 17.1 Å². The molecule has 40 heavy (non-hydrogen) atoms. The van der Waals surface area contributed by atoms with Crippen LogP contribution in [0, 0.1) is 12.8 Å². The van der Waals surface area contributed by atoms with Gasteiger partial charge in [0.1, 0.15) is 6.61 Å². The molecular weight excluding hydrogens is 532 g/mol. The van der Waals surface area contributed by atoms with E-state index in [-0.39, 0.29) is 17.6 Å². The lowest BCUT2D eigenvalue weighted by atomic mass is 9.88. The molecule has 1 aromatic heterocycles. The molecule has 2 fully saturated rings. The van der Waals surface area contributed by atoms with Gasteiger partial charge in [0.2, 0.25) is 5.88 Å². The zero-order valence-corrected chi connectivity index (χ0v) is 25.0. The van der Waals surface area contributed by atoms with E-state index in [4.69, 9.17) is 18.4 Å². The molecule has 9 nitrogen and oxygen atoms in total. The minimum atomic E-state index is -4.11. The van der Waals surface area contributed by atoms with Gasteiger partial charge in [-0.1, -0.05) is 24.3 Å². The van der Waals surface area contributed by atoms with Crippen LogP contribution in [0.5, 0.6) is 5.88 Å². The van der Waals surface area contributed by atoms with Gasteiger partial charge in [0.25, 0.3) is 0 Å². The Hall–Kier alpha value is -2.53. The fourth-order valence-electron chi connectivity index (χ4n) is 5.22. The van der Waals surface area contributed by atoms with Crippen molar-refractivity contribution in [2.45, 2.75) is 77.9 Å². The summed E-state index contributed by atoms with van der Waals surface area (Å²) in [5, 5.41) is 0. The summed E-state index contributed by atoms with van der Waals surface area (Å²) in [6.45, 7) is 11.9. The fraction of sp³-hybridized carbons (Fsp3) is 0.600. The van der Waals surface area contributed by atoms with Crippen LogP contribution >= 0.6 is 0 Å². The summed E-state index contributed by atoms with van der Waals surface area (Å²) in [7, 11) is -4.11. The van der Waals surface area contributed by atoms with Gasteiger partial charge in [-0.3, -0.25) is 4.79 Å². The van der Waals surface area contributed by atoms with Crippen LogP contribution in [0.25, 0.3) is 11.3 Å². The molecule has 220 valence electrons. The summed E-state index contributed by atoms with van der Waals surface area (Å²) < 4.78 is 48.9. The standard InChI is InChI=1S/C30H42N2O7S/c1-21-19-24(9-10-26(21)27-7-6-8-28(31-27)37-17-18-38-30(3,4)5)23-11-14-32(15-12-23)40(34,35)39-29(33)25-13-16-36-22(2)20-25/h6-10,19,22-23,25H,11-18,20H2,1-5H3. The molecule has 2 atom stereocenters. The van der Waals surface area contributed by atoms with Crippen LogP contribution in [-0.2, 0) is 28.8 Å². The van der Waals surface area contributed by atoms with Crippen LogP contribution in [0.15, 0.2) is 36.4 Å². The number of hydrogen-bond donors (Lipinski definition) is 0. The monoisotopic (exact) mass is 574 g/mol. The summed E-state index contributed by atoms with van der Waals surface area (Å²) in [6.07, 6.45) is 2.19. The van der Waals surface area contributed by atoms with E-state index >= 15 is 0 Å². The zero-order valence-electron chi connectivity index (χ0n) is 24.2. The maximum absolute atomic E-state index is 12.8. The van der Waals surface area contributed by atoms with Crippen molar-refractivity contribution in [2.24, 2.45) is 5.92 Å². The quantitative estimate of drug-likeness (QED) is 0.384. The van der Waals surface area contributed by atoms with E-state index in [1.54, 1.807) is 0 Å². The third-order valence-corrected chi connectivity index (χ3v) is 8.74. The van der Waals surface area contributed by atoms with E-state index in [0.717, 1.165) is 16.8 Å². The SMILES string of the molecule is Cc1cc(C2CCN(S(=O)(=O)OC(=O)C3CCOC(C)C3)CC2)ccc1-c1cccc(OCCOC(C)(C)C)n1. The van der Waals surface area contributed by atoms with Crippen LogP contribution in [0.3, 0.4) is 0 Å². The molecule has 2 aliphatic rings. The number of carbonyl (C=O) groups is 1. The zero-order chi connectivity index (χ0) is 28.9. The molecule has 0 radical (unpaired) electrons. The van der Waals surface area contributed by atoms with Crippen molar-refractivity contribution < 1.29 is 31.6 Å². The van der Waals surface area contributed by atoms with Crippen LogP contribution in [0.4, 0.5) is 0 Å². The van der Waals surface area contributed by atoms with Crippen molar-refractivity contribution in [1.82, 2.24) is 9.29 Å². The lowest BCUT2D eigenvalue weighted by molar-refractivity contribution is -0.143. The normalized spacial score (nSPS) is 21.2. The molecule has 4 rings (SSSR count). The number of rotatable bonds is 9. The van der Waals surface area contributed by atoms with Crippen LogP contribution in [0.2, 0.25) is 0 Å². The summed E-state index contributed by atoms with van der Waals surface area (Å²) in [6, 6.07) is 12.1. The highest BCUT2D eigenvalue weighted by Gasteiger charge is 2.35. The van der Waals surface area contributed by atoms with E-state index in [2.05, 4.69) is 30.1 Å². The molecule has 1 aromatic carbocycles. The second-order valence-corrected chi connectivity index (χ2v) is 13.2. The van der Waals surface area contributed by atoms with Crippen molar-refractivity contribution in [1.29, 1.82) is 0 Å². The molecule has 2 saturated heterocycles. The van der Waals surface area contributed by atoms with Gasteiger partial charge >= 0.3 is 16.3 Å². The fourth-order valence-corrected chi connectivity index (χ4v) is 6.32. The molecule has 0 N–H and O–H groups in total. The second kappa shape index (κ2) is 13.0. The predicted molar refractivity (Wildman–Crippen MR) is 152 cm³/mol. The van der Waals surface area contributed by atoms with Gasteiger partial charge in [0.05, 0.1) is 29.9 Å². The number of pyridine rings is 1. The number of ether oxygens (including phenoxy) is 3. The maximum atomic E-state index is 12.8. The molecule has 0 aliphatic carbocycles. The third kappa shape index (κ3) is 8.25. The minimum Gasteiger partial charge on any atom is -0.475 e. The highest BCUT2D eigenvalue weighted by atomic mass is 32.2. The topological polar surface area (TPSA) is 104 Å². The molecule has 2 unspecified atom stereocenters. The first kappa shape index (κ1) is 30.4. The van der Waals surface area contributed by atoms with Crippen LogP contribution < -0.4 is 4.74 Å². The highest BCUT2D eigenvalue weighted by Crippen LogP contribution is 2.33. The number of aromatic nitrogens is 1. The number of nitrogens with zero attached hydrogens (tertiary/aromatic N) is 2. The van der Waals surface area contributed by atoms with Crippen molar-refractivity contribution in [3.05, 3.63) is 47.5 Å². The third-order valence-electron chi connectivity index (χ3n) is 7.37. The van der Waals surface area contributed by atoms with Gasteiger partial charge in [-0.25, -0.2) is 4.98 Å². The molecule has 3 heterocycles. The van der Waals surface area contributed by atoms with Gasteiger partial charge in [0.15, 0.2) is 0 Å². The van der Waals surface area contributed by atoms with E-state index < -0.39 is 22.2 Å². The van der Waals surface area contributed by atoms with Crippen molar-refractivity contribution in [2.75, 3.05) is 32.9 Å². The number of carbonyl (C=O) groups excluding carboxylic acids is 1. The van der Waals surface area contributed by atoms with Gasteiger partial charge in [-0.15, -0.1) is 0 Å². The Morgan fingerprint density at radius 2 is 1.85 bits per heavy atom. The lowest BCUT2D eigenvalue weighted by Crippen LogP contribution is -2.41. The predicted octanol–water partition coefficient (Wildman–Crippen LogP) is 5.03. The molecule has 0 spiro atoms. The molecule has 2 aromatic rings. The van der Waals surface area contributed by atoms with Crippen molar-refractivity contribution in [3.63, 3.8) is 0 Å². The maximum Gasteiger partial charge on any atom is 0.387 e. The summed E-state index contributed by atoms with van der Waals surface area (Å²) in [5.41, 5.74) is 3.90. The Morgan fingerprint density at radius 3 is 2.52 bits per heavy atom. The molecule has 10 heteroatoms. The largest absolute Gasteiger partial charge is 0.475 e. The number of piperidine rings is 1. The Bertz CT molecular complexity index is 1270. The molecule has 0 saturated carbocycles. The molecule has 0 amide bonds. The van der Waals surface area contributed by atoms with Gasteiger partial charge < -0.3 is 18.4 Å². The molecule has 0 bridgehead atoms. The molecular formula is C30H42N2O7S. The van der Waals surface area contributed by atoms with Gasteiger partial charge in [0, 0.05) is 31.3 Å². The van der Waals surface area contributed by atoms with E-state index in [1.165, 1.54) is 9.87 Å². The van der Waals surface area contributed by atoms with E-state index in [9.17, 15) is 13.2 Å². The second-order valence-electron chi connectivity index (χ2n) is 11.7. The molecule has 2 aliphatic heterocycles. The highest BCUT2D eigenvalue weighted by molar-refractivity contribution is 7.84. The Morgan fingerprint density at radius 1 is 1.10 bits per heavy atom.